The van der Waals surface area contributed by atoms with Crippen LogP contribution in [0.5, 0.6) is 0 Å². The van der Waals surface area contributed by atoms with Crippen LogP contribution in [-0.4, -0.2) is 14.9 Å². The van der Waals surface area contributed by atoms with Crippen LogP contribution in [0, 0.1) is 0 Å². The van der Waals surface area contributed by atoms with Crippen molar-refractivity contribution in [2.45, 2.75) is 10.5 Å². The maximum absolute atomic E-state index is 4.00. The molecule has 1 atom stereocenters. The van der Waals surface area contributed by atoms with Gasteiger partial charge in [-0.2, -0.15) is 0 Å². The molecule has 15 heavy (non-hydrogen) atoms. The average Bonchev–Trinajstić information content (AvgIpc) is 2.77. The third-order valence-electron chi connectivity index (χ3n) is 2.18. The lowest BCUT2D eigenvalue weighted by molar-refractivity contribution is 0.785. The van der Waals surface area contributed by atoms with Crippen molar-refractivity contribution in [2.75, 3.05) is 5.43 Å². The molecule has 0 saturated heterocycles. The van der Waals surface area contributed by atoms with Crippen molar-refractivity contribution < 1.29 is 0 Å². The van der Waals surface area contributed by atoms with E-state index in [-0.39, 0.29) is 5.37 Å². The Hall–Kier alpha value is -1.01. The number of rotatable bonds is 1. The van der Waals surface area contributed by atoms with Gasteiger partial charge in [0.05, 0.1) is 0 Å². The fraction of sp³-hybridized carbons (Fsp3) is 0.111. The van der Waals surface area contributed by atoms with Gasteiger partial charge in [0.2, 0.25) is 5.16 Å². The van der Waals surface area contributed by atoms with Crippen LogP contribution < -0.4 is 5.43 Å². The van der Waals surface area contributed by atoms with Gasteiger partial charge in [0.25, 0.3) is 0 Å². The number of hydrogen-bond donors (Lipinski definition) is 1. The van der Waals surface area contributed by atoms with Crippen molar-refractivity contribution in [1.29, 1.82) is 0 Å². The van der Waals surface area contributed by atoms with E-state index in [1.807, 2.05) is 22.9 Å². The fourth-order valence-corrected chi connectivity index (χ4v) is 3.15. The second kappa shape index (κ2) is 3.53. The highest BCUT2D eigenvalue weighted by molar-refractivity contribution is 9.10. The van der Waals surface area contributed by atoms with Crippen molar-refractivity contribution in [2.24, 2.45) is 0 Å². The molecule has 0 radical (unpaired) electrons. The van der Waals surface area contributed by atoms with Gasteiger partial charge in [0.1, 0.15) is 11.7 Å². The minimum absolute atomic E-state index is 0.200. The average molecular weight is 283 g/mol. The van der Waals surface area contributed by atoms with Gasteiger partial charge in [-0.05, 0) is 6.07 Å². The molecule has 0 fully saturated rings. The largest absolute Gasteiger partial charge is 0.304 e. The lowest BCUT2D eigenvalue weighted by atomic mass is 10.2. The third-order valence-corrected chi connectivity index (χ3v) is 3.99. The quantitative estimate of drug-likeness (QED) is 0.872. The summed E-state index contributed by atoms with van der Waals surface area (Å²) in [5.74, 6) is 0. The van der Waals surface area contributed by atoms with Gasteiger partial charge in [-0.1, -0.05) is 45.9 Å². The van der Waals surface area contributed by atoms with Crippen LogP contribution in [0.3, 0.4) is 0 Å². The summed E-state index contributed by atoms with van der Waals surface area (Å²) in [5.41, 5.74) is 4.51. The molecule has 1 N–H and O–H groups in total. The van der Waals surface area contributed by atoms with E-state index in [9.17, 15) is 0 Å². The summed E-state index contributed by atoms with van der Waals surface area (Å²) in [6, 6.07) is 8.17. The van der Waals surface area contributed by atoms with Crippen LogP contribution in [0.25, 0.3) is 0 Å². The Morgan fingerprint density at radius 2 is 2.27 bits per heavy atom. The smallest absolute Gasteiger partial charge is 0.212 e. The van der Waals surface area contributed by atoms with Gasteiger partial charge >= 0.3 is 0 Å². The first kappa shape index (κ1) is 9.23. The Bertz CT molecular complexity index is 478. The zero-order valence-electron chi connectivity index (χ0n) is 7.59. The van der Waals surface area contributed by atoms with Crippen LogP contribution in [0.2, 0.25) is 0 Å². The molecule has 1 unspecified atom stereocenters. The van der Waals surface area contributed by atoms with Gasteiger partial charge in [0, 0.05) is 10.0 Å². The highest BCUT2D eigenvalue weighted by Gasteiger charge is 2.25. The molecule has 1 aliphatic heterocycles. The van der Waals surface area contributed by atoms with E-state index in [0.29, 0.717) is 0 Å². The van der Waals surface area contributed by atoms with Gasteiger partial charge in [-0.3, -0.25) is 0 Å². The van der Waals surface area contributed by atoms with Crippen LogP contribution in [0.4, 0.5) is 0 Å². The van der Waals surface area contributed by atoms with Crippen molar-refractivity contribution >= 4 is 27.7 Å². The molecule has 3 rings (SSSR count). The van der Waals surface area contributed by atoms with Gasteiger partial charge < -0.3 is 5.43 Å². The molecule has 0 spiro atoms. The number of nitrogens with zero attached hydrogens (tertiary/aromatic N) is 3. The third kappa shape index (κ3) is 1.53. The minimum atomic E-state index is 0.200. The number of aromatic nitrogens is 3. The Balaban J connectivity index is 1.93. The molecule has 0 amide bonds. The first-order valence-corrected chi connectivity index (χ1v) is 6.09. The van der Waals surface area contributed by atoms with E-state index in [1.54, 1.807) is 18.1 Å². The second-order valence-electron chi connectivity index (χ2n) is 3.13. The molecule has 2 aromatic rings. The van der Waals surface area contributed by atoms with Crippen molar-refractivity contribution in [1.82, 2.24) is 14.9 Å². The first-order valence-electron chi connectivity index (χ1n) is 4.42. The maximum Gasteiger partial charge on any atom is 0.212 e. The van der Waals surface area contributed by atoms with Gasteiger partial charge in [-0.15, -0.1) is 10.2 Å². The Morgan fingerprint density at radius 1 is 1.40 bits per heavy atom. The summed E-state index contributed by atoms with van der Waals surface area (Å²) >= 11 is 5.20. The van der Waals surface area contributed by atoms with E-state index in [2.05, 4.69) is 37.6 Å². The zero-order chi connectivity index (χ0) is 10.3. The zero-order valence-corrected chi connectivity index (χ0v) is 9.99. The molecule has 1 aliphatic rings. The van der Waals surface area contributed by atoms with Crippen LogP contribution in [0.15, 0.2) is 40.2 Å². The molecule has 1 aromatic heterocycles. The monoisotopic (exact) mass is 282 g/mol. The second-order valence-corrected chi connectivity index (χ2v) is 5.06. The molecule has 0 saturated carbocycles. The van der Waals surface area contributed by atoms with Crippen LogP contribution in [0.1, 0.15) is 10.9 Å². The number of hydrogen-bond acceptors (Lipinski definition) is 4. The summed E-state index contributed by atoms with van der Waals surface area (Å²) < 4.78 is 2.95. The number of fused-ring (bicyclic) bond motifs is 1. The lowest BCUT2D eigenvalue weighted by Crippen LogP contribution is -2.11. The van der Waals surface area contributed by atoms with E-state index in [1.165, 1.54) is 5.56 Å². The Labute approximate surface area is 99.2 Å². The first-order chi connectivity index (χ1) is 7.34. The summed E-state index contributed by atoms with van der Waals surface area (Å²) in [5, 5.41) is 8.91. The van der Waals surface area contributed by atoms with Crippen molar-refractivity contribution in [3.05, 3.63) is 40.6 Å². The summed E-state index contributed by atoms with van der Waals surface area (Å²) in [6.07, 6.45) is 1.68. The summed E-state index contributed by atoms with van der Waals surface area (Å²) in [6.45, 7) is 0. The van der Waals surface area contributed by atoms with Gasteiger partial charge in [0.15, 0.2) is 0 Å². The molecule has 4 nitrogen and oxygen atoms in total. The molecule has 76 valence electrons. The van der Waals surface area contributed by atoms with Crippen LogP contribution >= 0.6 is 27.7 Å². The number of thioether (sulfide) groups is 1. The maximum atomic E-state index is 4.00. The summed E-state index contributed by atoms with van der Waals surface area (Å²) in [4.78, 5) is 0. The van der Waals surface area contributed by atoms with E-state index in [0.717, 1.165) is 9.63 Å². The van der Waals surface area contributed by atoms with Gasteiger partial charge in [-0.25, -0.2) is 4.68 Å². The SMILES string of the molecule is Brc1ccccc1C1Nn2cnnc2S1. The molecule has 1 aromatic carbocycles. The predicted molar refractivity (Wildman–Crippen MR) is 62.1 cm³/mol. The molecule has 2 heterocycles. The standard InChI is InChI=1S/C9H7BrN4S/c10-7-4-2-1-3-6(7)8-13-14-5-11-12-9(14)15-8/h1-5,8,13H. The van der Waals surface area contributed by atoms with Crippen molar-refractivity contribution in [3.63, 3.8) is 0 Å². The fourth-order valence-electron chi connectivity index (χ4n) is 1.47. The highest BCUT2D eigenvalue weighted by atomic mass is 79.9. The normalized spacial score (nSPS) is 18.6. The Kier molecular flexibility index (Phi) is 2.17. The highest BCUT2D eigenvalue weighted by Crippen LogP contribution is 2.40. The van der Waals surface area contributed by atoms with Crippen LogP contribution in [-0.2, 0) is 0 Å². The molecule has 0 aliphatic carbocycles. The molecule has 6 heteroatoms. The minimum Gasteiger partial charge on any atom is -0.304 e. The number of halogens is 1. The molecular weight excluding hydrogens is 276 g/mol. The van der Waals surface area contributed by atoms with Crippen molar-refractivity contribution in [3.8, 4) is 0 Å². The molecule has 0 bridgehead atoms. The summed E-state index contributed by atoms with van der Waals surface area (Å²) in [7, 11) is 0. The molecular formula is C9H7BrN4S. The lowest BCUT2D eigenvalue weighted by Gasteiger charge is -2.11. The number of benzene rings is 1. The van der Waals surface area contributed by atoms with E-state index < -0.39 is 0 Å². The number of nitrogens with one attached hydrogen (secondary N) is 1. The Morgan fingerprint density at radius 3 is 3.07 bits per heavy atom. The topological polar surface area (TPSA) is 42.7 Å². The van der Waals surface area contributed by atoms with E-state index >= 15 is 0 Å². The van der Waals surface area contributed by atoms with E-state index in [4.69, 9.17) is 0 Å². The predicted octanol–water partition coefficient (Wildman–Crippen LogP) is 2.39.